The fourth-order valence-corrected chi connectivity index (χ4v) is 9.31. The van der Waals surface area contributed by atoms with Gasteiger partial charge in [0.2, 0.25) is 5.91 Å². The van der Waals surface area contributed by atoms with E-state index in [2.05, 4.69) is 31.3 Å². The van der Waals surface area contributed by atoms with Crippen LogP contribution in [-0.4, -0.2) is 73.4 Å². The molecule has 0 saturated heterocycles. The maximum atomic E-state index is 13.0. The van der Waals surface area contributed by atoms with Gasteiger partial charge in [0.1, 0.15) is 13.2 Å². The number of unbranched alkanes of at least 4 members (excludes halogenated alkanes) is 37. The molecule has 64 heavy (non-hydrogen) atoms. The minimum Gasteiger partial charge on any atom is -0.391 e. The van der Waals surface area contributed by atoms with Gasteiger partial charge in [-0.25, -0.2) is 4.57 Å². The monoisotopic (exact) mass is 928 g/mol. The van der Waals surface area contributed by atoms with Crippen LogP contribution in [0.3, 0.4) is 0 Å². The van der Waals surface area contributed by atoms with E-state index in [1.54, 1.807) is 0 Å². The average Bonchev–Trinajstić information content (AvgIpc) is 3.25. The molecule has 0 aromatic heterocycles. The van der Waals surface area contributed by atoms with Crippen molar-refractivity contribution >= 4 is 13.7 Å². The molecular weight excluding hydrogens is 816 g/mol. The predicted octanol–water partition coefficient (Wildman–Crippen LogP) is 16.7. The summed E-state index contributed by atoms with van der Waals surface area (Å²) in [6.07, 6.45) is 56.8. The smallest absolute Gasteiger partial charge is 0.391 e. The molecule has 382 valence electrons. The van der Waals surface area contributed by atoms with Gasteiger partial charge in [-0.15, -0.1) is 0 Å². The van der Waals surface area contributed by atoms with E-state index >= 15 is 0 Å². The largest absolute Gasteiger partial charge is 0.472 e. The van der Waals surface area contributed by atoms with Crippen LogP contribution in [0.2, 0.25) is 0 Å². The minimum absolute atomic E-state index is 0.0762. The summed E-state index contributed by atoms with van der Waals surface area (Å²) >= 11 is 0. The summed E-state index contributed by atoms with van der Waals surface area (Å²) in [7, 11) is 1.63. The number of carbonyl (C=O) groups is 1. The number of hydrogen-bond donors (Lipinski definition) is 3. The van der Waals surface area contributed by atoms with E-state index in [-0.39, 0.29) is 19.1 Å². The Kier molecular flexibility index (Phi) is 46.8. The minimum atomic E-state index is -4.32. The molecule has 0 fully saturated rings. The third-order valence-electron chi connectivity index (χ3n) is 13.0. The summed E-state index contributed by atoms with van der Waals surface area (Å²) in [5.41, 5.74) is 0. The van der Waals surface area contributed by atoms with E-state index in [1.807, 2.05) is 21.1 Å². The van der Waals surface area contributed by atoms with Crippen molar-refractivity contribution in [1.29, 1.82) is 0 Å². The SMILES string of the molecule is CCCCCCCCCCCC/C=C\CCCCCCCCCC(=O)NC(COP(=O)(O)OCC[N+](C)(C)C)C(O)CCCCCCCCCCCCCCCCCCCCCCC. The van der Waals surface area contributed by atoms with Crippen molar-refractivity contribution in [3.8, 4) is 0 Å². The second-order valence-corrected chi connectivity index (χ2v) is 22.1. The zero-order valence-electron chi connectivity index (χ0n) is 43.6. The Morgan fingerprint density at radius 1 is 0.516 bits per heavy atom. The van der Waals surface area contributed by atoms with Gasteiger partial charge in [-0.3, -0.25) is 13.8 Å². The molecule has 0 aliphatic carbocycles. The number of carbonyl (C=O) groups excluding carboxylic acids is 1. The van der Waals surface area contributed by atoms with Crippen molar-refractivity contribution in [2.24, 2.45) is 0 Å². The molecule has 9 heteroatoms. The van der Waals surface area contributed by atoms with Crippen molar-refractivity contribution in [3.63, 3.8) is 0 Å². The molecule has 8 nitrogen and oxygen atoms in total. The van der Waals surface area contributed by atoms with Crippen LogP contribution in [0, 0.1) is 0 Å². The summed E-state index contributed by atoms with van der Waals surface area (Å²) in [4.78, 5) is 23.3. The van der Waals surface area contributed by atoms with E-state index in [0.29, 0.717) is 23.9 Å². The van der Waals surface area contributed by atoms with Crippen molar-refractivity contribution in [1.82, 2.24) is 5.32 Å². The first-order valence-electron chi connectivity index (χ1n) is 28.1. The van der Waals surface area contributed by atoms with Crippen LogP contribution in [0.1, 0.15) is 284 Å². The lowest BCUT2D eigenvalue weighted by atomic mass is 10.0. The normalized spacial score (nSPS) is 14.0. The van der Waals surface area contributed by atoms with Crippen LogP contribution >= 0.6 is 7.82 Å². The van der Waals surface area contributed by atoms with Gasteiger partial charge in [0.25, 0.3) is 0 Å². The van der Waals surface area contributed by atoms with Gasteiger partial charge in [-0.2, -0.15) is 0 Å². The third kappa shape index (κ3) is 49.2. The molecule has 0 spiro atoms. The van der Waals surface area contributed by atoms with Crippen LogP contribution < -0.4 is 5.32 Å². The zero-order chi connectivity index (χ0) is 47.1. The molecule has 0 aliphatic heterocycles. The number of hydrogen-bond acceptors (Lipinski definition) is 5. The first kappa shape index (κ1) is 63.2. The van der Waals surface area contributed by atoms with E-state index in [9.17, 15) is 19.4 Å². The summed E-state index contributed by atoms with van der Waals surface area (Å²) in [5, 5.41) is 14.1. The van der Waals surface area contributed by atoms with E-state index in [4.69, 9.17) is 9.05 Å². The number of nitrogens with zero attached hydrogens (tertiary/aromatic N) is 1. The zero-order valence-corrected chi connectivity index (χ0v) is 44.4. The van der Waals surface area contributed by atoms with Gasteiger partial charge in [-0.1, -0.05) is 251 Å². The molecule has 3 N–H and O–H groups in total. The summed E-state index contributed by atoms with van der Waals surface area (Å²) < 4.78 is 23.8. The Morgan fingerprint density at radius 2 is 0.844 bits per heavy atom. The maximum Gasteiger partial charge on any atom is 0.472 e. The van der Waals surface area contributed by atoms with Crippen molar-refractivity contribution in [2.75, 3.05) is 40.9 Å². The molecule has 0 saturated carbocycles. The Hall–Kier alpha value is -0.760. The van der Waals surface area contributed by atoms with Gasteiger partial charge in [0.15, 0.2) is 0 Å². The Balaban J connectivity index is 4.19. The van der Waals surface area contributed by atoms with Crippen molar-refractivity contribution < 1.29 is 32.9 Å². The second-order valence-electron chi connectivity index (χ2n) is 20.7. The highest BCUT2D eigenvalue weighted by molar-refractivity contribution is 7.47. The third-order valence-corrected chi connectivity index (χ3v) is 14.0. The summed E-state index contributed by atoms with van der Waals surface area (Å²) in [6.45, 7) is 4.93. The first-order chi connectivity index (χ1) is 31.0. The second kappa shape index (κ2) is 47.3. The van der Waals surface area contributed by atoms with E-state index in [0.717, 1.165) is 38.5 Å². The quantitative estimate of drug-likeness (QED) is 0.0243. The Morgan fingerprint density at radius 3 is 1.20 bits per heavy atom. The van der Waals surface area contributed by atoms with Crippen molar-refractivity contribution in [3.05, 3.63) is 12.2 Å². The van der Waals surface area contributed by atoms with Gasteiger partial charge in [0.05, 0.1) is 39.9 Å². The lowest BCUT2D eigenvalue weighted by Crippen LogP contribution is -2.46. The van der Waals surface area contributed by atoms with Crippen LogP contribution in [0.15, 0.2) is 12.2 Å². The lowest BCUT2D eigenvalue weighted by Gasteiger charge is -2.26. The predicted molar refractivity (Wildman–Crippen MR) is 277 cm³/mol. The molecular formula is C55H112N2O6P+. The molecule has 0 aromatic rings. The van der Waals surface area contributed by atoms with Crippen LogP contribution in [-0.2, 0) is 18.4 Å². The van der Waals surface area contributed by atoms with Gasteiger partial charge >= 0.3 is 7.82 Å². The van der Waals surface area contributed by atoms with E-state index in [1.165, 1.54) is 218 Å². The number of rotatable bonds is 52. The van der Waals surface area contributed by atoms with Gasteiger partial charge in [-0.05, 0) is 38.5 Å². The number of amides is 1. The molecule has 3 unspecified atom stereocenters. The molecule has 0 bridgehead atoms. The highest BCUT2D eigenvalue weighted by Crippen LogP contribution is 2.43. The van der Waals surface area contributed by atoms with Crippen LogP contribution in [0.5, 0.6) is 0 Å². The highest BCUT2D eigenvalue weighted by atomic mass is 31.2. The maximum absolute atomic E-state index is 13.0. The Labute approximate surface area is 399 Å². The topological polar surface area (TPSA) is 105 Å². The average molecular weight is 928 g/mol. The summed E-state index contributed by atoms with van der Waals surface area (Å²) in [6, 6.07) is -0.760. The molecule has 0 aliphatic rings. The highest BCUT2D eigenvalue weighted by Gasteiger charge is 2.28. The fraction of sp³-hybridized carbons (Fsp3) is 0.945. The number of likely N-dealkylation sites (N-methyl/N-ethyl adjacent to an activating group) is 1. The fourth-order valence-electron chi connectivity index (χ4n) is 8.57. The van der Waals surface area contributed by atoms with Crippen molar-refractivity contribution in [2.45, 2.75) is 296 Å². The molecule has 0 radical (unpaired) electrons. The van der Waals surface area contributed by atoms with Crippen LogP contribution in [0.25, 0.3) is 0 Å². The van der Waals surface area contributed by atoms with Gasteiger partial charge in [0, 0.05) is 6.42 Å². The number of aliphatic hydroxyl groups is 1. The Bertz CT molecular complexity index is 1050. The number of phosphoric ester groups is 1. The molecule has 0 aromatic carbocycles. The number of quaternary nitrogens is 1. The number of allylic oxidation sites excluding steroid dienone is 2. The molecule has 0 heterocycles. The number of aliphatic hydroxyl groups excluding tert-OH is 1. The number of nitrogens with one attached hydrogen (secondary N) is 1. The molecule has 0 rings (SSSR count). The summed E-state index contributed by atoms with van der Waals surface area (Å²) in [5.74, 6) is -0.144. The van der Waals surface area contributed by atoms with Crippen LogP contribution in [0.4, 0.5) is 0 Å². The van der Waals surface area contributed by atoms with E-state index < -0.39 is 20.0 Å². The number of phosphoric acid groups is 1. The standard InChI is InChI=1S/C55H111N2O6P/c1-6-8-10-12-14-16-18-20-22-24-26-28-30-32-34-36-38-40-42-44-46-48-54(58)53(52-63-64(60,61)62-51-50-57(3,4)5)56-55(59)49-47-45-43-41-39-37-35-33-31-29-27-25-23-21-19-17-15-13-11-9-7-2/h29,31,53-54,58H,6-28,30,32-52H2,1-5H3,(H-,56,59,60,61)/p+1/b31-29-. The van der Waals surface area contributed by atoms with Gasteiger partial charge < -0.3 is 19.8 Å². The molecule has 3 atom stereocenters. The molecule has 1 amide bonds. The first-order valence-corrected chi connectivity index (χ1v) is 29.5. The lowest BCUT2D eigenvalue weighted by molar-refractivity contribution is -0.870.